The third-order valence-electron chi connectivity index (χ3n) is 3.93. The van der Waals surface area contributed by atoms with Crippen LogP contribution in [-0.4, -0.2) is 36.9 Å². The van der Waals surface area contributed by atoms with Crippen molar-refractivity contribution < 1.29 is 26.4 Å². The third kappa shape index (κ3) is 4.22. The van der Waals surface area contributed by atoms with Gasteiger partial charge in [0.15, 0.2) is 21.5 Å². The number of oxazole rings is 1. The number of amides is 1. The number of halogens is 2. The van der Waals surface area contributed by atoms with E-state index in [1.54, 1.807) is 0 Å². The van der Waals surface area contributed by atoms with Crippen LogP contribution in [0.2, 0.25) is 0 Å². The normalized spacial score (nSPS) is 19.0. The molecule has 1 amide bonds. The van der Waals surface area contributed by atoms with Crippen molar-refractivity contribution in [1.82, 2.24) is 10.3 Å². The van der Waals surface area contributed by atoms with Gasteiger partial charge in [-0.3, -0.25) is 4.79 Å². The first-order chi connectivity index (χ1) is 11.8. The Balaban J connectivity index is 1.58. The van der Waals surface area contributed by atoms with E-state index < -0.39 is 21.5 Å². The smallest absolute Gasteiger partial charge is 0.220 e. The molecule has 0 bridgehead atoms. The van der Waals surface area contributed by atoms with Crippen molar-refractivity contribution in [2.24, 2.45) is 0 Å². The molecule has 1 unspecified atom stereocenters. The quantitative estimate of drug-likeness (QED) is 0.868. The van der Waals surface area contributed by atoms with Crippen LogP contribution in [0.4, 0.5) is 8.78 Å². The van der Waals surface area contributed by atoms with Crippen LogP contribution in [0.3, 0.4) is 0 Å². The summed E-state index contributed by atoms with van der Waals surface area (Å²) in [6, 6.07) is 3.11. The second-order valence-corrected chi connectivity index (χ2v) is 8.11. The number of nitrogens with zero attached hydrogens (tertiary/aromatic N) is 1. The first-order valence-electron chi connectivity index (χ1n) is 7.73. The number of aryl methyl sites for hydroxylation is 1. The fourth-order valence-corrected chi connectivity index (χ4v) is 4.38. The summed E-state index contributed by atoms with van der Waals surface area (Å²) in [5, 5.41) is 2.65. The van der Waals surface area contributed by atoms with Gasteiger partial charge in [0, 0.05) is 18.9 Å². The molecule has 1 aliphatic rings. The first kappa shape index (κ1) is 17.5. The minimum absolute atomic E-state index is 0.0380. The van der Waals surface area contributed by atoms with Gasteiger partial charge in [0.25, 0.3) is 0 Å². The van der Waals surface area contributed by atoms with E-state index in [0.717, 1.165) is 12.1 Å². The van der Waals surface area contributed by atoms with Crippen molar-refractivity contribution in [2.45, 2.75) is 25.3 Å². The highest BCUT2D eigenvalue weighted by Crippen LogP contribution is 2.26. The summed E-state index contributed by atoms with van der Waals surface area (Å²) in [6.07, 6.45) is 1.79. The van der Waals surface area contributed by atoms with Crippen LogP contribution in [0.15, 0.2) is 28.8 Å². The molecule has 2 heterocycles. The average molecular weight is 370 g/mol. The van der Waals surface area contributed by atoms with Crippen molar-refractivity contribution in [1.29, 1.82) is 0 Å². The van der Waals surface area contributed by atoms with Gasteiger partial charge in [0.1, 0.15) is 11.6 Å². The molecule has 1 aromatic carbocycles. The Morgan fingerprint density at radius 1 is 1.32 bits per heavy atom. The van der Waals surface area contributed by atoms with Gasteiger partial charge in [0.2, 0.25) is 5.91 Å². The molecule has 134 valence electrons. The number of sulfone groups is 1. The number of aromatic nitrogens is 1. The van der Waals surface area contributed by atoms with E-state index in [0.29, 0.717) is 6.42 Å². The molecular weight excluding hydrogens is 354 g/mol. The fraction of sp³-hybridized carbons (Fsp3) is 0.375. The zero-order chi connectivity index (χ0) is 18.0. The van der Waals surface area contributed by atoms with E-state index in [9.17, 15) is 22.0 Å². The van der Waals surface area contributed by atoms with Crippen LogP contribution >= 0.6 is 0 Å². The second kappa shape index (κ2) is 6.91. The maximum absolute atomic E-state index is 13.7. The maximum Gasteiger partial charge on any atom is 0.220 e. The van der Waals surface area contributed by atoms with Crippen LogP contribution in [0, 0.1) is 11.6 Å². The Morgan fingerprint density at radius 3 is 2.68 bits per heavy atom. The standard InChI is InChI=1S/C16H16F2N2O4S/c17-11-2-1-3-12(18)16(11)13-8-19-15(24-13)5-4-14(21)20-10-6-7-25(22,23)9-10/h1-3,8,10H,4-7,9H2,(H,20,21). The van der Waals surface area contributed by atoms with Crippen LogP contribution < -0.4 is 5.32 Å². The molecule has 1 N–H and O–H groups in total. The fourth-order valence-electron chi connectivity index (χ4n) is 2.70. The average Bonchev–Trinajstić information content (AvgIpc) is 3.12. The Kier molecular flexibility index (Phi) is 4.85. The summed E-state index contributed by atoms with van der Waals surface area (Å²) in [5.74, 6) is -1.69. The van der Waals surface area contributed by atoms with Crippen LogP contribution in [0.1, 0.15) is 18.7 Å². The monoisotopic (exact) mass is 370 g/mol. The van der Waals surface area contributed by atoms with Gasteiger partial charge in [0.05, 0.1) is 23.3 Å². The van der Waals surface area contributed by atoms with Crippen LogP contribution in [0.5, 0.6) is 0 Å². The molecule has 0 spiro atoms. The molecule has 2 aromatic rings. The van der Waals surface area contributed by atoms with Gasteiger partial charge >= 0.3 is 0 Å². The number of rotatable bonds is 5. The van der Waals surface area contributed by atoms with Gasteiger partial charge in [-0.25, -0.2) is 22.2 Å². The van der Waals surface area contributed by atoms with Crippen LogP contribution in [0.25, 0.3) is 11.3 Å². The van der Waals surface area contributed by atoms with Crippen LogP contribution in [-0.2, 0) is 21.1 Å². The Bertz CT molecular complexity index is 875. The molecule has 0 aliphatic carbocycles. The van der Waals surface area contributed by atoms with E-state index in [-0.39, 0.29) is 53.5 Å². The number of hydrogen-bond donors (Lipinski definition) is 1. The molecule has 1 saturated heterocycles. The summed E-state index contributed by atoms with van der Waals surface area (Å²) < 4.78 is 55.4. The molecule has 25 heavy (non-hydrogen) atoms. The van der Waals surface area contributed by atoms with Crippen molar-refractivity contribution in [3.05, 3.63) is 41.9 Å². The minimum atomic E-state index is -3.06. The van der Waals surface area contributed by atoms with Crippen molar-refractivity contribution in [3.63, 3.8) is 0 Å². The molecule has 9 heteroatoms. The molecule has 1 aromatic heterocycles. The third-order valence-corrected chi connectivity index (χ3v) is 5.69. The number of carbonyl (C=O) groups excluding carboxylic acids is 1. The van der Waals surface area contributed by atoms with Gasteiger partial charge < -0.3 is 9.73 Å². The van der Waals surface area contributed by atoms with Crippen molar-refractivity contribution in [2.75, 3.05) is 11.5 Å². The molecular formula is C16H16F2N2O4S. The Labute approximate surface area is 143 Å². The molecule has 0 saturated carbocycles. The molecule has 6 nitrogen and oxygen atoms in total. The van der Waals surface area contributed by atoms with Gasteiger partial charge in [-0.2, -0.15) is 0 Å². The maximum atomic E-state index is 13.7. The summed E-state index contributed by atoms with van der Waals surface area (Å²) in [5.41, 5.74) is -0.304. The largest absolute Gasteiger partial charge is 0.441 e. The highest BCUT2D eigenvalue weighted by Gasteiger charge is 2.28. The number of benzene rings is 1. The zero-order valence-electron chi connectivity index (χ0n) is 13.2. The summed E-state index contributed by atoms with van der Waals surface area (Å²) >= 11 is 0. The zero-order valence-corrected chi connectivity index (χ0v) is 14.0. The van der Waals surface area contributed by atoms with Gasteiger partial charge in [-0.15, -0.1) is 0 Å². The SMILES string of the molecule is O=C(CCc1ncc(-c2c(F)cccc2F)o1)NC1CCS(=O)(=O)C1. The van der Waals surface area contributed by atoms with Gasteiger partial charge in [-0.05, 0) is 18.6 Å². The molecule has 0 radical (unpaired) electrons. The molecule has 1 atom stereocenters. The highest BCUT2D eigenvalue weighted by molar-refractivity contribution is 7.91. The Hall–Kier alpha value is -2.29. The van der Waals surface area contributed by atoms with E-state index in [2.05, 4.69) is 10.3 Å². The lowest BCUT2D eigenvalue weighted by Gasteiger charge is -2.09. The number of hydrogen-bond acceptors (Lipinski definition) is 5. The lowest BCUT2D eigenvalue weighted by atomic mass is 10.1. The predicted molar refractivity (Wildman–Crippen MR) is 85.4 cm³/mol. The topological polar surface area (TPSA) is 89.3 Å². The predicted octanol–water partition coefficient (Wildman–Crippen LogP) is 1.86. The van der Waals surface area contributed by atoms with Crippen molar-refractivity contribution >= 4 is 15.7 Å². The summed E-state index contributed by atoms with van der Waals surface area (Å²) in [4.78, 5) is 15.8. The molecule has 3 rings (SSSR count). The van der Waals surface area contributed by atoms with E-state index in [1.807, 2.05) is 0 Å². The second-order valence-electron chi connectivity index (χ2n) is 5.88. The number of carbonyl (C=O) groups is 1. The highest BCUT2D eigenvalue weighted by atomic mass is 32.2. The summed E-state index contributed by atoms with van der Waals surface area (Å²) in [7, 11) is -3.06. The van der Waals surface area contributed by atoms with Crippen molar-refractivity contribution in [3.8, 4) is 11.3 Å². The first-order valence-corrected chi connectivity index (χ1v) is 9.55. The van der Waals surface area contributed by atoms with E-state index >= 15 is 0 Å². The van der Waals surface area contributed by atoms with Gasteiger partial charge in [-0.1, -0.05) is 6.07 Å². The van der Waals surface area contributed by atoms with E-state index in [1.165, 1.54) is 12.3 Å². The minimum Gasteiger partial charge on any atom is -0.441 e. The van der Waals surface area contributed by atoms with E-state index in [4.69, 9.17) is 4.42 Å². The lowest BCUT2D eigenvalue weighted by molar-refractivity contribution is -0.121. The molecule has 1 fully saturated rings. The molecule has 1 aliphatic heterocycles. The lowest BCUT2D eigenvalue weighted by Crippen LogP contribution is -2.35. The number of nitrogens with one attached hydrogen (secondary N) is 1. The Morgan fingerprint density at radius 2 is 2.04 bits per heavy atom. The summed E-state index contributed by atoms with van der Waals surface area (Å²) in [6.45, 7) is 0.